The number of halogens is 1. The average Bonchev–Trinajstić information content (AvgIpc) is 3.10. The number of nitrogens with zero attached hydrogens (tertiary/aromatic N) is 2. The van der Waals surface area contributed by atoms with E-state index >= 15 is 0 Å². The lowest BCUT2D eigenvalue weighted by atomic mass is 9.96. The van der Waals surface area contributed by atoms with Crippen LogP contribution in [0.25, 0.3) is 11.0 Å². The van der Waals surface area contributed by atoms with Crippen LogP contribution in [0.1, 0.15) is 45.5 Å². The third-order valence-electron chi connectivity index (χ3n) is 4.08. The fraction of sp³-hybridized carbons (Fsp3) is 0.533. The minimum atomic E-state index is -0.431. The summed E-state index contributed by atoms with van der Waals surface area (Å²) in [7, 11) is 0. The fourth-order valence-electron chi connectivity index (χ4n) is 2.84. The number of hydrogen-bond acceptors (Lipinski definition) is 2. The molecule has 0 spiro atoms. The molecule has 2 aromatic rings. The van der Waals surface area contributed by atoms with Gasteiger partial charge in [0.1, 0.15) is 11.6 Å². The summed E-state index contributed by atoms with van der Waals surface area (Å²) in [5.74, 6) is 1.12. The first-order valence-electron chi connectivity index (χ1n) is 6.88. The van der Waals surface area contributed by atoms with Gasteiger partial charge in [-0.1, -0.05) is 0 Å². The van der Waals surface area contributed by atoms with Crippen LogP contribution in [0.15, 0.2) is 18.2 Å². The van der Waals surface area contributed by atoms with Gasteiger partial charge in [-0.25, -0.2) is 9.37 Å². The minimum Gasteiger partial charge on any atom is -0.324 e. The van der Waals surface area contributed by atoms with Gasteiger partial charge in [-0.3, -0.25) is 0 Å². The van der Waals surface area contributed by atoms with Crippen LogP contribution in [0.5, 0.6) is 0 Å². The molecule has 1 aromatic heterocycles. The molecule has 1 unspecified atom stereocenters. The molecule has 0 radical (unpaired) electrons. The molecule has 1 aromatic carbocycles. The van der Waals surface area contributed by atoms with Crippen molar-refractivity contribution in [2.75, 3.05) is 0 Å². The highest BCUT2D eigenvalue weighted by Crippen LogP contribution is 2.44. The molecule has 1 saturated carbocycles. The Kier molecular flexibility index (Phi) is 2.68. The summed E-state index contributed by atoms with van der Waals surface area (Å²) in [6.45, 7) is 6.26. The summed E-state index contributed by atoms with van der Waals surface area (Å²) in [6.07, 6.45) is 2.31. The van der Waals surface area contributed by atoms with Gasteiger partial charge >= 0.3 is 0 Å². The van der Waals surface area contributed by atoms with E-state index in [0.29, 0.717) is 11.4 Å². The number of hydrogen-bond donors (Lipinski definition) is 1. The maximum atomic E-state index is 13.4. The van der Waals surface area contributed by atoms with E-state index in [2.05, 4.69) is 23.4 Å². The quantitative estimate of drug-likeness (QED) is 0.921. The zero-order chi connectivity index (χ0) is 13.8. The van der Waals surface area contributed by atoms with Crippen LogP contribution in [0, 0.1) is 11.7 Å². The normalized spacial score (nSPS) is 19.1. The fourth-order valence-corrected chi connectivity index (χ4v) is 2.84. The van der Waals surface area contributed by atoms with Crippen LogP contribution in [-0.4, -0.2) is 9.55 Å². The van der Waals surface area contributed by atoms with Crippen molar-refractivity contribution in [1.82, 2.24) is 9.55 Å². The molecular weight excluding hydrogens is 241 g/mol. The van der Waals surface area contributed by atoms with Crippen molar-refractivity contribution in [1.29, 1.82) is 0 Å². The number of fused-ring (bicyclic) bond motifs is 1. The highest BCUT2D eigenvalue weighted by Gasteiger charge is 2.43. The number of nitrogens with two attached hydrogens (primary N) is 1. The summed E-state index contributed by atoms with van der Waals surface area (Å²) in [5.41, 5.74) is 7.73. The first kappa shape index (κ1) is 12.6. The smallest absolute Gasteiger partial charge is 0.130 e. The summed E-state index contributed by atoms with van der Waals surface area (Å²) in [6, 6.07) is 5.02. The van der Waals surface area contributed by atoms with Crippen molar-refractivity contribution in [3.8, 4) is 0 Å². The number of imidazole rings is 1. The Bertz CT molecular complexity index is 624. The lowest BCUT2D eigenvalue weighted by Gasteiger charge is -2.26. The van der Waals surface area contributed by atoms with Gasteiger partial charge in [0.15, 0.2) is 0 Å². The standard InChI is InChI=1S/C15H20FN3/c1-9(2)19-13-7-6-11(16)8-12(13)18-14(19)15(3,17)10-4-5-10/h6-10H,4-5,17H2,1-3H3. The van der Waals surface area contributed by atoms with Crippen molar-refractivity contribution in [3.05, 3.63) is 29.8 Å². The SMILES string of the molecule is CC(C)n1c(C(C)(N)C2CC2)nc2cc(F)ccc21. The van der Waals surface area contributed by atoms with Crippen molar-refractivity contribution in [3.63, 3.8) is 0 Å². The summed E-state index contributed by atoms with van der Waals surface area (Å²) in [5, 5.41) is 0. The van der Waals surface area contributed by atoms with Crippen LogP contribution >= 0.6 is 0 Å². The largest absolute Gasteiger partial charge is 0.324 e. The van der Waals surface area contributed by atoms with E-state index in [1.807, 2.05) is 6.92 Å². The summed E-state index contributed by atoms with van der Waals surface area (Å²) in [4.78, 5) is 4.63. The van der Waals surface area contributed by atoms with Gasteiger partial charge in [-0.15, -0.1) is 0 Å². The average molecular weight is 261 g/mol. The highest BCUT2D eigenvalue weighted by atomic mass is 19.1. The molecule has 0 amide bonds. The first-order chi connectivity index (χ1) is 8.91. The van der Waals surface area contributed by atoms with Crippen LogP contribution in [0.3, 0.4) is 0 Å². The van der Waals surface area contributed by atoms with E-state index < -0.39 is 5.54 Å². The molecule has 3 rings (SSSR count). The number of benzene rings is 1. The molecule has 1 heterocycles. The van der Waals surface area contributed by atoms with Crippen molar-refractivity contribution in [2.45, 2.75) is 45.2 Å². The van der Waals surface area contributed by atoms with Gasteiger partial charge in [0.05, 0.1) is 16.6 Å². The topological polar surface area (TPSA) is 43.8 Å². The predicted molar refractivity (Wildman–Crippen MR) is 74.3 cm³/mol. The molecule has 1 aliphatic carbocycles. The van der Waals surface area contributed by atoms with Crippen LogP contribution in [-0.2, 0) is 5.54 Å². The van der Waals surface area contributed by atoms with Gasteiger partial charge < -0.3 is 10.3 Å². The van der Waals surface area contributed by atoms with Crippen LogP contribution < -0.4 is 5.73 Å². The Morgan fingerprint density at radius 3 is 2.68 bits per heavy atom. The second-order valence-corrected chi connectivity index (χ2v) is 6.09. The monoisotopic (exact) mass is 261 g/mol. The Morgan fingerprint density at radius 1 is 1.42 bits per heavy atom. The van der Waals surface area contributed by atoms with E-state index in [9.17, 15) is 4.39 Å². The van der Waals surface area contributed by atoms with E-state index in [4.69, 9.17) is 5.73 Å². The van der Waals surface area contributed by atoms with Crippen molar-refractivity contribution in [2.24, 2.45) is 11.7 Å². The zero-order valence-corrected chi connectivity index (χ0v) is 11.7. The molecule has 0 aliphatic heterocycles. The van der Waals surface area contributed by atoms with E-state index in [1.54, 1.807) is 6.07 Å². The number of rotatable bonds is 3. The second-order valence-electron chi connectivity index (χ2n) is 6.09. The molecule has 2 N–H and O–H groups in total. The van der Waals surface area contributed by atoms with Crippen molar-refractivity contribution >= 4 is 11.0 Å². The maximum absolute atomic E-state index is 13.4. The molecule has 4 heteroatoms. The molecular formula is C15H20FN3. The number of aromatic nitrogens is 2. The summed E-state index contributed by atoms with van der Waals surface area (Å²) >= 11 is 0. The molecule has 1 aliphatic rings. The molecule has 102 valence electrons. The molecule has 0 bridgehead atoms. The van der Waals surface area contributed by atoms with Gasteiger partial charge in [-0.05, 0) is 51.7 Å². The zero-order valence-electron chi connectivity index (χ0n) is 11.7. The lowest BCUT2D eigenvalue weighted by Crippen LogP contribution is -2.38. The predicted octanol–water partition coefficient (Wildman–Crippen LogP) is 3.34. The third-order valence-corrected chi connectivity index (χ3v) is 4.08. The van der Waals surface area contributed by atoms with Gasteiger partial charge in [0.25, 0.3) is 0 Å². The molecule has 0 saturated heterocycles. The first-order valence-corrected chi connectivity index (χ1v) is 6.88. The molecule has 3 nitrogen and oxygen atoms in total. The third kappa shape index (κ3) is 1.94. The Hall–Kier alpha value is -1.42. The van der Waals surface area contributed by atoms with Crippen molar-refractivity contribution < 1.29 is 4.39 Å². The van der Waals surface area contributed by atoms with Gasteiger partial charge in [-0.2, -0.15) is 0 Å². The van der Waals surface area contributed by atoms with Gasteiger partial charge in [0, 0.05) is 12.1 Å². The Balaban J connectivity index is 2.25. The van der Waals surface area contributed by atoms with E-state index in [1.165, 1.54) is 12.1 Å². The molecule has 1 atom stereocenters. The highest BCUT2D eigenvalue weighted by molar-refractivity contribution is 5.76. The second kappa shape index (κ2) is 4.04. The maximum Gasteiger partial charge on any atom is 0.130 e. The van der Waals surface area contributed by atoms with Crippen LogP contribution in [0.2, 0.25) is 0 Å². The molecule has 19 heavy (non-hydrogen) atoms. The lowest BCUT2D eigenvalue weighted by molar-refractivity contribution is 0.373. The van der Waals surface area contributed by atoms with E-state index in [-0.39, 0.29) is 11.9 Å². The van der Waals surface area contributed by atoms with Gasteiger partial charge in [0.2, 0.25) is 0 Å². The minimum absolute atomic E-state index is 0.252. The van der Waals surface area contributed by atoms with E-state index in [0.717, 1.165) is 24.2 Å². The summed E-state index contributed by atoms with van der Waals surface area (Å²) < 4.78 is 15.5. The molecule has 1 fully saturated rings. The Morgan fingerprint density at radius 2 is 2.11 bits per heavy atom. The van der Waals surface area contributed by atoms with Crippen LogP contribution in [0.4, 0.5) is 4.39 Å². The Labute approximate surface area is 112 Å².